The van der Waals surface area contributed by atoms with Crippen LogP contribution >= 0.6 is 11.3 Å². The Balaban J connectivity index is 1.82. The second-order valence-corrected chi connectivity index (χ2v) is 6.37. The number of carbonyl (C=O) groups is 1. The number of para-hydroxylation sites is 2. The number of amides is 1. The molecule has 21 heavy (non-hydrogen) atoms. The molecule has 0 saturated carbocycles. The third-order valence-electron chi connectivity index (χ3n) is 3.92. The molecule has 4 heteroatoms. The number of rotatable bonds is 3. The van der Waals surface area contributed by atoms with E-state index in [2.05, 4.69) is 16.3 Å². The molecule has 3 rings (SSSR count). The zero-order valence-electron chi connectivity index (χ0n) is 12.3. The third kappa shape index (κ3) is 3.10. The molecule has 1 aromatic heterocycles. The second kappa shape index (κ2) is 6.31. The molecule has 1 aliphatic heterocycles. The fraction of sp³-hybridized carbons (Fsp3) is 0.353. The van der Waals surface area contributed by atoms with Crippen molar-refractivity contribution in [3.05, 3.63) is 46.2 Å². The predicted molar refractivity (Wildman–Crippen MR) is 89.5 cm³/mol. The first-order chi connectivity index (χ1) is 10.3. The summed E-state index contributed by atoms with van der Waals surface area (Å²) in [6, 6.07) is 10.1. The minimum Gasteiger partial charge on any atom is -0.370 e. The number of hydrogen-bond acceptors (Lipinski definition) is 3. The highest BCUT2D eigenvalue weighted by molar-refractivity contribution is 7.12. The summed E-state index contributed by atoms with van der Waals surface area (Å²) in [5.74, 6) is -0.00744. The zero-order valence-corrected chi connectivity index (χ0v) is 13.1. The van der Waals surface area contributed by atoms with E-state index in [9.17, 15) is 4.79 Å². The molecule has 110 valence electrons. The van der Waals surface area contributed by atoms with Gasteiger partial charge in [0, 0.05) is 13.1 Å². The molecule has 0 unspecified atom stereocenters. The molecule has 0 bridgehead atoms. The Morgan fingerprint density at radius 1 is 1.14 bits per heavy atom. The summed E-state index contributed by atoms with van der Waals surface area (Å²) >= 11 is 1.49. The Morgan fingerprint density at radius 2 is 1.90 bits per heavy atom. The number of hydrogen-bond donors (Lipinski definition) is 1. The van der Waals surface area contributed by atoms with Crippen LogP contribution in [0.1, 0.15) is 34.5 Å². The molecule has 1 fully saturated rings. The molecular formula is C17H20N2OS. The van der Waals surface area contributed by atoms with Gasteiger partial charge in [0.2, 0.25) is 0 Å². The van der Waals surface area contributed by atoms with Crippen molar-refractivity contribution in [2.45, 2.75) is 26.2 Å². The number of carbonyl (C=O) groups excluding carboxylic acids is 1. The molecule has 1 aliphatic rings. The summed E-state index contributed by atoms with van der Waals surface area (Å²) in [5, 5.41) is 5.04. The molecule has 1 amide bonds. The first kappa shape index (κ1) is 14.1. The lowest BCUT2D eigenvalue weighted by Crippen LogP contribution is -2.30. The summed E-state index contributed by atoms with van der Waals surface area (Å²) in [6.07, 6.45) is 3.76. The Morgan fingerprint density at radius 3 is 2.62 bits per heavy atom. The first-order valence-corrected chi connectivity index (χ1v) is 8.33. The number of anilines is 2. The molecule has 0 atom stereocenters. The fourth-order valence-electron chi connectivity index (χ4n) is 2.77. The third-order valence-corrected chi connectivity index (χ3v) is 4.93. The highest BCUT2D eigenvalue weighted by Gasteiger charge is 2.17. The van der Waals surface area contributed by atoms with Crippen LogP contribution in [0.3, 0.4) is 0 Å². The number of nitrogens with one attached hydrogen (secondary N) is 1. The molecule has 2 heterocycles. The highest BCUT2D eigenvalue weighted by atomic mass is 32.1. The normalized spacial score (nSPS) is 15.0. The van der Waals surface area contributed by atoms with Crippen LogP contribution in [0.25, 0.3) is 0 Å². The van der Waals surface area contributed by atoms with Gasteiger partial charge in [0.15, 0.2) is 0 Å². The SMILES string of the molecule is Cc1ccsc1C(=O)Nc1ccccc1N1CCCCC1. The average molecular weight is 300 g/mol. The smallest absolute Gasteiger partial charge is 0.266 e. The maximum absolute atomic E-state index is 12.4. The molecular weight excluding hydrogens is 280 g/mol. The molecule has 2 aromatic rings. The summed E-state index contributed by atoms with van der Waals surface area (Å²) in [7, 11) is 0. The van der Waals surface area contributed by atoms with Gasteiger partial charge in [-0.3, -0.25) is 4.79 Å². The second-order valence-electron chi connectivity index (χ2n) is 5.45. The van der Waals surface area contributed by atoms with Crippen molar-refractivity contribution >= 4 is 28.6 Å². The van der Waals surface area contributed by atoms with Crippen molar-refractivity contribution in [2.75, 3.05) is 23.3 Å². The highest BCUT2D eigenvalue weighted by Crippen LogP contribution is 2.29. The number of nitrogens with zero attached hydrogens (tertiary/aromatic N) is 1. The molecule has 0 spiro atoms. The van der Waals surface area contributed by atoms with Crippen molar-refractivity contribution in [1.82, 2.24) is 0 Å². The van der Waals surface area contributed by atoms with Crippen LogP contribution in [0.2, 0.25) is 0 Å². The minimum atomic E-state index is -0.00744. The van der Waals surface area contributed by atoms with Crippen LogP contribution in [-0.2, 0) is 0 Å². The van der Waals surface area contributed by atoms with E-state index in [1.54, 1.807) is 0 Å². The van der Waals surface area contributed by atoms with E-state index < -0.39 is 0 Å². The van der Waals surface area contributed by atoms with Crippen LogP contribution in [0.4, 0.5) is 11.4 Å². The summed E-state index contributed by atoms with van der Waals surface area (Å²) in [4.78, 5) is 15.6. The largest absolute Gasteiger partial charge is 0.370 e. The lowest BCUT2D eigenvalue weighted by molar-refractivity contribution is 0.103. The van der Waals surface area contributed by atoms with Gasteiger partial charge in [-0.15, -0.1) is 11.3 Å². The number of benzene rings is 1. The molecule has 0 aliphatic carbocycles. The fourth-order valence-corrected chi connectivity index (χ4v) is 3.59. The van der Waals surface area contributed by atoms with E-state index in [1.807, 2.05) is 36.6 Å². The predicted octanol–water partition coefficient (Wildman–Crippen LogP) is 4.30. The van der Waals surface area contributed by atoms with Gasteiger partial charge in [-0.05, 0) is 55.3 Å². The van der Waals surface area contributed by atoms with Crippen molar-refractivity contribution in [3.8, 4) is 0 Å². The Hall–Kier alpha value is -1.81. The van der Waals surface area contributed by atoms with Crippen LogP contribution < -0.4 is 10.2 Å². The van der Waals surface area contributed by atoms with Gasteiger partial charge in [-0.1, -0.05) is 12.1 Å². The Kier molecular flexibility index (Phi) is 4.25. The van der Waals surface area contributed by atoms with Crippen LogP contribution in [0, 0.1) is 6.92 Å². The average Bonchev–Trinajstić information content (AvgIpc) is 2.95. The maximum Gasteiger partial charge on any atom is 0.266 e. The standard InChI is InChI=1S/C17H20N2OS/c1-13-9-12-21-16(13)17(20)18-14-7-3-4-8-15(14)19-10-5-2-6-11-19/h3-4,7-9,12H,2,5-6,10-11H2,1H3,(H,18,20). The molecule has 0 radical (unpaired) electrons. The van der Waals surface area contributed by atoms with Crippen molar-refractivity contribution < 1.29 is 4.79 Å². The van der Waals surface area contributed by atoms with E-state index in [-0.39, 0.29) is 5.91 Å². The van der Waals surface area contributed by atoms with Gasteiger partial charge in [0.05, 0.1) is 16.3 Å². The maximum atomic E-state index is 12.4. The number of thiophene rings is 1. The van der Waals surface area contributed by atoms with Crippen molar-refractivity contribution in [2.24, 2.45) is 0 Å². The number of piperidine rings is 1. The van der Waals surface area contributed by atoms with Gasteiger partial charge in [0.1, 0.15) is 0 Å². The summed E-state index contributed by atoms with van der Waals surface area (Å²) in [5.41, 5.74) is 3.09. The quantitative estimate of drug-likeness (QED) is 0.916. The lowest BCUT2D eigenvalue weighted by atomic mass is 10.1. The van der Waals surface area contributed by atoms with E-state index in [1.165, 1.54) is 30.6 Å². The van der Waals surface area contributed by atoms with Gasteiger partial charge < -0.3 is 10.2 Å². The molecule has 1 saturated heterocycles. The topological polar surface area (TPSA) is 32.3 Å². The van der Waals surface area contributed by atoms with E-state index in [0.29, 0.717) is 0 Å². The Labute approximate surface area is 129 Å². The van der Waals surface area contributed by atoms with E-state index in [0.717, 1.165) is 34.9 Å². The number of aryl methyl sites for hydroxylation is 1. The van der Waals surface area contributed by atoms with Gasteiger partial charge in [-0.2, -0.15) is 0 Å². The van der Waals surface area contributed by atoms with Crippen LogP contribution in [0.5, 0.6) is 0 Å². The minimum absolute atomic E-state index is 0.00744. The van der Waals surface area contributed by atoms with Crippen LogP contribution in [0.15, 0.2) is 35.7 Å². The molecule has 1 aromatic carbocycles. The monoisotopic (exact) mass is 300 g/mol. The Bertz CT molecular complexity index is 629. The lowest BCUT2D eigenvalue weighted by Gasteiger charge is -2.30. The molecule has 1 N–H and O–H groups in total. The van der Waals surface area contributed by atoms with Crippen LogP contribution in [-0.4, -0.2) is 19.0 Å². The first-order valence-electron chi connectivity index (χ1n) is 7.45. The van der Waals surface area contributed by atoms with E-state index >= 15 is 0 Å². The van der Waals surface area contributed by atoms with Gasteiger partial charge in [-0.25, -0.2) is 0 Å². The van der Waals surface area contributed by atoms with E-state index in [4.69, 9.17) is 0 Å². The van der Waals surface area contributed by atoms with Gasteiger partial charge in [0.25, 0.3) is 5.91 Å². The summed E-state index contributed by atoms with van der Waals surface area (Å²) < 4.78 is 0. The van der Waals surface area contributed by atoms with Crippen molar-refractivity contribution in [1.29, 1.82) is 0 Å². The zero-order chi connectivity index (χ0) is 14.7. The van der Waals surface area contributed by atoms with Gasteiger partial charge >= 0.3 is 0 Å². The van der Waals surface area contributed by atoms with Crippen molar-refractivity contribution in [3.63, 3.8) is 0 Å². The summed E-state index contributed by atoms with van der Waals surface area (Å²) in [6.45, 7) is 4.12. The molecule has 3 nitrogen and oxygen atoms in total.